The maximum absolute atomic E-state index is 12.7. The van der Waals surface area contributed by atoms with Crippen molar-refractivity contribution in [3.63, 3.8) is 0 Å². The Morgan fingerprint density at radius 2 is 1.86 bits per heavy atom. The lowest BCUT2D eigenvalue weighted by Gasteiger charge is -2.15. The molecule has 3 rings (SSSR count). The van der Waals surface area contributed by atoms with Crippen molar-refractivity contribution in [3.8, 4) is 11.5 Å². The summed E-state index contributed by atoms with van der Waals surface area (Å²) >= 11 is 0. The Balaban J connectivity index is 1.63. The molecule has 0 atom stereocenters. The average molecular weight is 397 g/mol. The van der Waals surface area contributed by atoms with Gasteiger partial charge in [-0.25, -0.2) is 4.79 Å². The van der Waals surface area contributed by atoms with E-state index in [-0.39, 0.29) is 24.9 Å². The van der Waals surface area contributed by atoms with E-state index in [9.17, 15) is 14.4 Å². The van der Waals surface area contributed by atoms with E-state index in [0.29, 0.717) is 35.6 Å². The quantitative estimate of drug-likeness (QED) is 0.662. The molecule has 0 aliphatic carbocycles. The number of benzene rings is 2. The number of imide groups is 1. The Morgan fingerprint density at radius 3 is 2.55 bits per heavy atom. The van der Waals surface area contributed by atoms with Gasteiger partial charge in [-0.3, -0.25) is 14.5 Å². The summed E-state index contributed by atoms with van der Waals surface area (Å²) in [7, 11) is 3.15. The third-order valence-electron chi connectivity index (χ3n) is 4.67. The first-order valence-electron chi connectivity index (χ1n) is 9.18. The summed E-state index contributed by atoms with van der Waals surface area (Å²) in [4.78, 5) is 37.4. The highest BCUT2D eigenvalue weighted by molar-refractivity contribution is 6.02. The van der Waals surface area contributed by atoms with Gasteiger partial charge in [-0.2, -0.15) is 0 Å². The average Bonchev–Trinajstić information content (AvgIpc) is 3.06. The van der Waals surface area contributed by atoms with Crippen molar-refractivity contribution in [1.29, 1.82) is 0 Å². The zero-order chi connectivity index (χ0) is 20.8. The van der Waals surface area contributed by atoms with Crippen LogP contribution in [0, 0.1) is 0 Å². The van der Waals surface area contributed by atoms with Crippen molar-refractivity contribution in [1.82, 2.24) is 15.5 Å². The number of hydrogen-bond acceptors (Lipinski definition) is 5. The highest BCUT2D eigenvalue weighted by Crippen LogP contribution is 2.27. The maximum Gasteiger partial charge on any atom is 0.324 e. The molecule has 1 heterocycles. The zero-order valence-electron chi connectivity index (χ0n) is 16.4. The van der Waals surface area contributed by atoms with Gasteiger partial charge in [-0.05, 0) is 35.7 Å². The minimum atomic E-state index is -0.446. The Hall–Kier alpha value is -3.55. The van der Waals surface area contributed by atoms with Crippen LogP contribution in [0.1, 0.15) is 21.5 Å². The van der Waals surface area contributed by atoms with Gasteiger partial charge in [0.25, 0.3) is 5.91 Å². The summed E-state index contributed by atoms with van der Waals surface area (Å²) in [5, 5.41) is 5.36. The van der Waals surface area contributed by atoms with Crippen LogP contribution in [0.3, 0.4) is 0 Å². The fraction of sp³-hybridized carbons (Fsp3) is 0.286. The summed E-state index contributed by atoms with van der Waals surface area (Å²) in [6.45, 7) is 0.467. The van der Waals surface area contributed by atoms with Gasteiger partial charge in [-0.15, -0.1) is 0 Å². The first-order chi connectivity index (χ1) is 14.0. The lowest BCUT2D eigenvalue weighted by Crippen LogP contribution is -2.32. The van der Waals surface area contributed by atoms with Crippen molar-refractivity contribution in [2.45, 2.75) is 13.0 Å². The fourth-order valence-electron chi connectivity index (χ4n) is 3.12. The molecule has 0 spiro atoms. The van der Waals surface area contributed by atoms with E-state index in [2.05, 4.69) is 10.6 Å². The van der Waals surface area contributed by atoms with E-state index in [1.54, 1.807) is 38.5 Å². The number of nitrogens with zero attached hydrogens (tertiary/aromatic N) is 1. The largest absolute Gasteiger partial charge is 0.493 e. The second kappa shape index (κ2) is 9.09. The predicted molar refractivity (Wildman–Crippen MR) is 106 cm³/mol. The molecule has 2 N–H and O–H groups in total. The number of rotatable bonds is 8. The molecule has 8 nitrogen and oxygen atoms in total. The lowest BCUT2D eigenvalue weighted by molar-refractivity contribution is -0.125. The van der Waals surface area contributed by atoms with E-state index in [1.165, 1.54) is 0 Å². The number of methoxy groups -OCH3 is 2. The minimum Gasteiger partial charge on any atom is -0.493 e. The Morgan fingerprint density at radius 1 is 1.10 bits per heavy atom. The first-order valence-corrected chi connectivity index (χ1v) is 9.18. The van der Waals surface area contributed by atoms with Crippen LogP contribution in [0.4, 0.5) is 4.79 Å². The molecule has 2 aromatic carbocycles. The molecule has 1 fully saturated rings. The van der Waals surface area contributed by atoms with Crippen LogP contribution in [0.2, 0.25) is 0 Å². The van der Waals surface area contributed by atoms with Crippen molar-refractivity contribution >= 4 is 17.8 Å². The van der Waals surface area contributed by atoms with Crippen LogP contribution in [0.15, 0.2) is 42.5 Å². The Labute approximate surface area is 168 Å². The first kappa shape index (κ1) is 20.2. The molecule has 0 aromatic heterocycles. The molecule has 2 aromatic rings. The van der Waals surface area contributed by atoms with E-state index in [0.717, 1.165) is 10.5 Å². The molecule has 1 aliphatic heterocycles. The molecule has 8 heteroatoms. The van der Waals surface area contributed by atoms with Crippen molar-refractivity contribution in [3.05, 3.63) is 59.2 Å². The van der Waals surface area contributed by atoms with Crippen molar-refractivity contribution in [2.75, 3.05) is 27.3 Å². The number of nitrogens with one attached hydrogen (secondary N) is 2. The predicted octanol–water partition coefficient (Wildman–Crippen LogP) is 1.73. The zero-order valence-corrected chi connectivity index (χ0v) is 16.4. The number of carbonyl (C=O) groups excluding carboxylic acids is 3. The van der Waals surface area contributed by atoms with Gasteiger partial charge in [0.1, 0.15) is 0 Å². The van der Waals surface area contributed by atoms with Gasteiger partial charge in [0.2, 0.25) is 5.91 Å². The van der Waals surface area contributed by atoms with Gasteiger partial charge < -0.3 is 20.1 Å². The number of carbonyl (C=O) groups is 3. The normalized spacial score (nSPS) is 13.2. The van der Waals surface area contributed by atoms with Crippen molar-refractivity contribution < 1.29 is 23.9 Å². The van der Waals surface area contributed by atoms with Gasteiger partial charge in [0.15, 0.2) is 11.5 Å². The molecule has 0 bridgehead atoms. The summed E-state index contributed by atoms with van der Waals surface area (Å²) < 4.78 is 10.5. The minimum absolute atomic E-state index is 0.0154. The van der Waals surface area contributed by atoms with Crippen LogP contribution in [-0.4, -0.2) is 50.1 Å². The number of hydrogen-bond donors (Lipinski definition) is 2. The molecule has 152 valence electrons. The highest BCUT2D eigenvalue weighted by atomic mass is 16.5. The van der Waals surface area contributed by atoms with Crippen LogP contribution >= 0.6 is 0 Å². The number of urea groups is 1. The lowest BCUT2D eigenvalue weighted by atomic mass is 10.1. The number of amides is 4. The second-order valence-electron chi connectivity index (χ2n) is 6.49. The topological polar surface area (TPSA) is 97.0 Å². The molecule has 4 amide bonds. The van der Waals surface area contributed by atoms with Crippen LogP contribution in [-0.2, 0) is 17.8 Å². The Bertz CT molecular complexity index is 912. The summed E-state index contributed by atoms with van der Waals surface area (Å²) in [5.74, 6) is 0.719. The Kier molecular flexibility index (Phi) is 6.33. The number of ether oxygens (including phenoxy) is 2. The van der Waals surface area contributed by atoms with Crippen LogP contribution in [0.5, 0.6) is 11.5 Å². The van der Waals surface area contributed by atoms with E-state index in [1.807, 2.05) is 18.2 Å². The van der Waals surface area contributed by atoms with Gasteiger partial charge >= 0.3 is 6.03 Å². The monoisotopic (exact) mass is 397 g/mol. The van der Waals surface area contributed by atoms with Gasteiger partial charge in [0.05, 0.1) is 27.3 Å². The highest BCUT2D eigenvalue weighted by Gasteiger charge is 2.29. The summed E-state index contributed by atoms with van der Waals surface area (Å²) in [6.07, 6.45) is 0.612. The standard InChI is InChI=1S/C21H23N3O5/c1-28-17-8-7-14(11-18(17)29-2)9-10-22-20(26)16-6-4-3-5-15(16)13-24-19(25)12-23-21(24)27/h3-8,11H,9-10,12-13H2,1-2H3,(H,22,26)(H,23,27). The van der Waals surface area contributed by atoms with Crippen molar-refractivity contribution in [2.24, 2.45) is 0 Å². The molecule has 1 saturated heterocycles. The summed E-state index contributed by atoms with van der Waals surface area (Å²) in [6, 6.07) is 12.1. The SMILES string of the molecule is COc1ccc(CCNC(=O)c2ccccc2CN2C(=O)CNC2=O)cc1OC. The maximum atomic E-state index is 12.7. The van der Waals surface area contributed by atoms with E-state index >= 15 is 0 Å². The third-order valence-corrected chi connectivity index (χ3v) is 4.67. The van der Waals surface area contributed by atoms with E-state index in [4.69, 9.17) is 9.47 Å². The molecule has 0 saturated carbocycles. The van der Waals surface area contributed by atoms with E-state index < -0.39 is 6.03 Å². The summed E-state index contributed by atoms with van der Waals surface area (Å²) in [5.41, 5.74) is 2.05. The van der Waals surface area contributed by atoms with Gasteiger partial charge in [0, 0.05) is 12.1 Å². The molecular formula is C21H23N3O5. The molecule has 0 unspecified atom stereocenters. The fourth-order valence-corrected chi connectivity index (χ4v) is 3.12. The molecule has 0 radical (unpaired) electrons. The van der Waals surface area contributed by atoms with Crippen LogP contribution in [0.25, 0.3) is 0 Å². The second-order valence-corrected chi connectivity index (χ2v) is 6.49. The third kappa shape index (κ3) is 4.66. The smallest absolute Gasteiger partial charge is 0.324 e. The van der Waals surface area contributed by atoms with Gasteiger partial charge in [-0.1, -0.05) is 24.3 Å². The van der Waals surface area contributed by atoms with Crippen LogP contribution < -0.4 is 20.1 Å². The molecule has 29 heavy (non-hydrogen) atoms. The molecule has 1 aliphatic rings. The molecular weight excluding hydrogens is 374 g/mol.